The lowest BCUT2D eigenvalue weighted by atomic mass is 9.84. The van der Waals surface area contributed by atoms with Gasteiger partial charge >= 0.3 is 0 Å². The molecule has 1 saturated heterocycles. The summed E-state index contributed by atoms with van der Waals surface area (Å²) in [6.45, 7) is 7.52. The van der Waals surface area contributed by atoms with Gasteiger partial charge in [0.05, 0.1) is 38.0 Å². The number of hydrogen-bond acceptors (Lipinski definition) is 2. The molecule has 18 heavy (non-hydrogen) atoms. The van der Waals surface area contributed by atoms with E-state index in [2.05, 4.69) is 6.92 Å². The molecule has 0 bridgehead atoms. The van der Waals surface area contributed by atoms with Crippen molar-refractivity contribution in [3.05, 3.63) is 0 Å². The van der Waals surface area contributed by atoms with Gasteiger partial charge in [0.15, 0.2) is 0 Å². The second-order valence-electron chi connectivity index (χ2n) is 5.83. The van der Waals surface area contributed by atoms with E-state index < -0.39 is 10.0 Å². The van der Waals surface area contributed by atoms with Crippen LogP contribution in [0.5, 0.6) is 0 Å². The van der Waals surface area contributed by atoms with Gasteiger partial charge in [-0.1, -0.05) is 13.3 Å². The Labute approximate surface area is 111 Å². The van der Waals surface area contributed by atoms with Crippen LogP contribution in [0.1, 0.15) is 39.5 Å². The molecule has 106 valence electrons. The standard InChI is InChI=1S/C13H26N2O2S/c1-3-18(16,17)15-10-8-14(9-11-15)13-7-5-4-6-12(13)2/h12-13H,3-11H2,1-2H3/p+1. The monoisotopic (exact) mass is 275 g/mol. The van der Waals surface area contributed by atoms with Crippen molar-refractivity contribution >= 4 is 10.0 Å². The van der Waals surface area contributed by atoms with Crippen LogP contribution in [-0.2, 0) is 10.0 Å². The second-order valence-corrected chi connectivity index (χ2v) is 8.08. The number of rotatable bonds is 3. The quantitative estimate of drug-likeness (QED) is 0.795. The minimum atomic E-state index is -2.97. The minimum Gasteiger partial charge on any atom is -0.330 e. The molecule has 0 amide bonds. The summed E-state index contributed by atoms with van der Waals surface area (Å²) in [7, 11) is -2.97. The van der Waals surface area contributed by atoms with Crippen molar-refractivity contribution in [2.24, 2.45) is 5.92 Å². The fraction of sp³-hybridized carbons (Fsp3) is 1.00. The van der Waals surface area contributed by atoms with E-state index in [0.717, 1.165) is 25.0 Å². The Morgan fingerprint density at radius 1 is 1.17 bits per heavy atom. The van der Waals surface area contributed by atoms with Crippen LogP contribution in [0, 0.1) is 5.92 Å². The van der Waals surface area contributed by atoms with Crippen LogP contribution in [-0.4, -0.2) is 50.7 Å². The Bertz CT molecular complexity index is 361. The summed E-state index contributed by atoms with van der Waals surface area (Å²) in [6.07, 6.45) is 5.42. The van der Waals surface area contributed by atoms with Crippen molar-refractivity contribution in [3.8, 4) is 0 Å². The first-order chi connectivity index (χ1) is 8.54. The molecule has 0 aromatic carbocycles. The van der Waals surface area contributed by atoms with E-state index >= 15 is 0 Å². The maximum Gasteiger partial charge on any atom is 0.214 e. The number of sulfonamides is 1. The summed E-state index contributed by atoms with van der Waals surface area (Å²) in [5, 5.41) is 0. The van der Waals surface area contributed by atoms with Gasteiger partial charge in [0.25, 0.3) is 0 Å². The fourth-order valence-corrected chi connectivity index (χ4v) is 4.63. The van der Waals surface area contributed by atoms with Crippen molar-refractivity contribution in [2.75, 3.05) is 31.9 Å². The Morgan fingerprint density at radius 2 is 1.78 bits per heavy atom. The molecule has 4 nitrogen and oxygen atoms in total. The lowest BCUT2D eigenvalue weighted by Gasteiger charge is -2.40. The van der Waals surface area contributed by atoms with Crippen molar-refractivity contribution in [1.29, 1.82) is 0 Å². The van der Waals surface area contributed by atoms with E-state index in [9.17, 15) is 8.42 Å². The molecule has 0 spiro atoms. The summed E-state index contributed by atoms with van der Waals surface area (Å²) in [6, 6.07) is 0.769. The summed E-state index contributed by atoms with van der Waals surface area (Å²) in [5.74, 6) is 1.05. The number of nitrogens with zero attached hydrogens (tertiary/aromatic N) is 1. The highest BCUT2D eigenvalue weighted by Crippen LogP contribution is 2.22. The molecule has 5 heteroatoms. The average Bonchev–Trinajstić information content (AvgIpc) is 2.39. The van der Waals surface area contributed by atoms with E-state index in [4.69, 9.17) is 0 Å². The van der Waals surface area contributed by atoms with Gasteiger partial charge in [-0.15, -0.1) is 0 Å². The number of piperazine rings is 1. The Balaban J connectivity index is 1.90. The van der Waals surface area contributed by atoms with Gasteiger partial charge in [-0.2, -0.15) is 4.31 Å². The normalized spacial score (nSPS) is 32.6. The molecule has 2 atom stereocenters. The average molecular weight is 275 g/mol. The fourth-order valence-electron chi connectivity index (χ4n) is 3.53. The van der Waals surface area contributed by atoms with E-state index in [1.165, 1.54) is 25.7 Å². The zero-order chi connectivity index (χ0) is 13.2. The molecule has 1 aliphatic carbocycles. The number of hydrogen-bond donors (Lipinski definition) is 1. The van der Waals surface area contributed by atoms with E-state index in [-0.39, 0.29) is 5.75 Å². The van der Waals surface area contributed by atoms with Crippen molar-refractivity contribution in [1.82, 2.24) is 4.31 Å². The predicted octanol–water partition coefficient (Wildman–Crippen LogP) is 0.115. The first-order valence-electron chi connectivity index (χ1n) is 7.37. The lowest BCUT2D eigenvalue weighted by Crippen LogP contribution is -3.19. The third-order valence-corrected chi connectivity index (χ3v) is 6.64. The van der Waals surface area contributed by atoms with Gasteiger partial charge in [-0.25, -0.2) is 8.42 Å². The largest absolute Gasteiger partial charge is 0.330 e. The zero-order valence-electron chi connectivity index (χ0n) is 11.7. The van der Waals surface area contributed by atoms with Crippen LogP contribution in [0.15, 0.2) is 0 Å². The molecule has 1 saturated carbocycles. The van der Waals surface area contributed by atoms with Gasteiger partial charge < -0.3 is 4.90 Å². The molecule has 0 radical (unpaired) electrons. The van der Waals surface area contributed by atoms with E-state index in [0.29, 0.717) is 13.1 Å². The lowest BCUT2D eigenvalue weighted by molar-refractivity contribution is -0.933. The molecule has 0 aromatic rings. The van der Waals surface area contributed by atoms with E-state index in [1.807, 2.05) is 0 Å². The Kier molecular flexibility index (Phi) is 4.67. The van der Waals surface area contributed by atoms with Crippen LogP contribution in [0.4, 0.5) is 0 Å². The third kappa shape index (κ3) is 3.06. The molecule has 0 aromatic heterocycles. The third-order valence-electron chi connectivity index (χ3n) is 4.76. The number of nitrogens with one attached hydrogen (secondary N) is 1. The van der Waals surface area contributed by atoms with Crippen LogP contribution < -0.4 is 4.90 Å². The van der Waals surface area contributed by atoms with Gasteiger partial charge in [-0.05, 0) is 26.2 Å². The molecular weight excluding hydrogens is 248 g/mol. The van der Waals surface area contributed by atoms with Gasteiger partial charge in [-0.3, -0.25) is 0 Å². The molecule has 2 aliphatic rings. The van der Waals surface area contributed by atoms with E-state index in [1.54, 1.807) is 16.1 Å². The molecule has 1 heterocycles. The summed E-state index contributed by atoms with van der Waals surface area (Å²) < 4.78 is 25.3. The van der Waals surface area contributed by atoms with Gasteiger partial charge in [0.1, 0.15) is 0 Å². The second kappa shape index (κ2) is 5.88. The number of quaternary nitrogens is 1. The predicted molar refractivity (Wildman–Crippen MR) is 73.2 cm³/mol. The van der Waals surface area contributed by atoms with Crippen LogP contribution in [0.25, 0.3) is 0 Å². The summed E-state index contributed by atoms with van der Waals surface area (Å²) >= 11 is 0. The van der Waals surface area contributed by atoms with Gasteiger partial charge in [0, 0.05) is 5.92 Å². The molecule has 2 fully saturated rings. The molecular formula is C13H27N2O2S+. The summed E-state index contributed by atoms with van der Waals surface area (Å²) in [5.41, 5.74) is 0. The highest BCUT2D eigenvalue weighted by molar-refractivity contribution is 7.89. The smallest absolute Gasteiger partial charge is 0.214 e. The molecule has 2 unspecified atom stereocenters. The minimum absolute atomic E-state index is 0.238. The van der Waals surface area contributed by atoms with Crippen molar-refractivity contribution in [2.45, 2.75) is 45.6 Å². The van der Waals surface area contributed by atoms with Crippen molar-refractivity contribution in [3.63, 3.8) is 0 Å². The first kappa shape index (κ1) is 14.3. The first-order valence-corrected chi connectivity index (χ1v) is 8.98. The SMILES string of the molecule is CCS(=O)(=O)N1CC[NH+](C2CCCCC2C)CC1. The van der Waals surface area contributed by atoms with Crippen LogP contribution in [0.2, 0.25) is 0 Å². The highest BCUT2D eigenvalue weighted by Gasteiger charge is 2.35. The summed E-state index contributed by atoms with van der Waals surface area (Å²) in [4.78, 5) is 1.64. The zero-order valence-corrected chi connectivity index (χ0v) is 12.5. The molecule has 1 aliphatic heterocycles. The Hall–Kier alpha value is -0.130. The van der Waals surface area contributed by atoms with Crippen molar-refractivity contribution < 1.29 is 13.3 Å². The van der Waals surface area contributed by atoms with Crippen LogP contribution in [0.3, 0.4) is 0 Å². The molecule has 2 rings (SSSR count). The van der Waals surface area contributed by atoms with Gasteiger partial charge in [0.2, 0.25) is 10.0 Å². The maximum atomic E-state index is 11.8. The maximum absolute atomic E-state index is 11.8. The molecule has 1 N–H and O–H groups in total. The highest BCUT2D eigenvalue weighted by atomic mass is 32.2. The Morgan fingerprint density at radius 3 is 2.33 bits per heavy atom. The topological polar surface area (TPSA) is 41.8 Å². The van der Waals surface area contributed by atoms with Crippen LogP contribution >= 0.6 is 0 Å².